The van der Waals surface area contributed by atoms with E-state index in [0.29, 0.717) is 39.3 Å². The Morgan fingerprint density at radius 1 is 1.38 bits per heavy atom. The zero-order valence-electron chi connectivity index (χ0n) is 14.2. The van der Waals surface area contributed by atoms with E-state index in [-0.39, 0.29) is 0 Å². The molecular formula is C16H20ClN5O3S. The van der Waals surface area contributed by atoms with Gasteiger partial charge in [-0.2, -0.15) is 0 Å². The lowest BCUT2D eigenvalue weighted by Gasteiger charge is -2.41. The van der Waals surface area contributed by atoms with Crippen LogP contribution in [0.1, 0.15) is 4.88 Å². The molecule has 0 bridgehead atoms. The number of ether oxygens (including phenoxy) is 1. The van der Waals surface area contributed by atoms with Gasteiger partial charge in [0.25, 0.3) is 0 Å². The highest BCUT2D eigenvalue weighted by Gasteiger charge is 2.40. The van der Waals surface area contributed by atoms with Gasteiger partial charge in [-0.1, -0.05) is 11.6 Å². The minimum absolute atomic E-state index is 0.378. The van der Waals surface area contributed by atoms with Gasteiger partial charge in [-0.15, -0.1) is 11.3 Å². The molecule has 2 aromatic heterocycles. The van der Waals surface area contributed by atoms with Gasteiger partial charge < -0.3 is 20.1 Å². The van der Waals surface area contributed by atoms with Crippen LogP contribution in [0.4, 0.5) is 10.6 Å². The third-order valence-electron chi connectivity index (χ3n) is 4.74. The van der Waals surface area contributed by atoms with Gasteiger partial charge in [0.2, 0.25) is 0 Å². The minimum atomic E-state index is -0.989. The van der Waals surface area contributed by atoms with Crippen molar-refractivity contribution in [2.75, 3.05) is 50.8 Å². The van der Waals surface area contributed by atoms with Crippen LogP contribution in [0.5, 0.6) is 0 Å². The first kappa shape index (κ1) is 17.7. The van der Waals surface area contributed by atoms with E-state index in [1.807, 2.05) is 6.07 Å². The van der Waals surface area contributed by atoms with Crippen LogP contribution in [-0.4, -0.2) is 77.0 Å². The van der Waals surface area contributed by atoms with Gasteiger partial charge in [0.15, 0.2) is 0 Å². The molecule has 2 fully saturated rings. The average molecular weight is 398 g/mol. The van der Waals surface area contributed by atoms with Crippen LogP contribution in [0, 0.1) is 0 Å². The van der Waals surface area contributed by atoms with Gasteiger partial charge in [0, 0.05) is 44.0 Å². The van der Waals surface area contributed by atoms with E-state index in [2.05, 4.69) is 20.2 Å². The summed E-state index contributed by atoms with van der Waals surface area (Å²) in [6.07, 6.45) is 1.02. The number of hydrogen-bond acceptors (Lipinski definition) is 7. The number of halogens is 1. The molecule has 2 aliphatic heterocycles. The fourth-order valence-electron chi connectivity index (χ4n) is 3.47. The molecule has 140 valence electrons. The predicted molar refractivity (Wildman–Crippen MR) is 100 cm³/mol. The third-order valence-corrected chi connectivity index (χ3v) is 6.25. The van der Waals surface area contributed by atoms with Crippen molar-refractivity contribution in [1.29, 1.82) is 0 Å². The van der Waals surface area contributed by atoms with Crippen molar-refractivity contribution in [3.63, 3.8) is 0 Å². The second-order valence-electron chi connectivity index (χ2n) is 6.43. The van der Waals surface area contributed by atoms with Crippen molar-refractivity contribution in [3.8, 4) is 0 Å². The van der Waals surface area contributed by atoms with E-state index in [0.717, 1.165) is 34.0 Å². The summed E-state index contributed by atoms with van der Waals surface area (Å²) in [7, 11) is 0. The molecule has 2 aliphatic rings. The second-order valence-corrected chi connectivity index (χ2v) is 8.25. The van der Waals surface area contributed by atoms with Gasteiger partial charge in [-0.3, -0.25) is 4.90 Å². The van der Waals surface area contributed by atoms with E-state index < -0.39 is 11.1 Å². The molecule has 0 saturated carbocycles. The molecule has 1 unspecified atom stereocenters. The van der Waals surface area contributed by atoms with Crippen molar-refractivity contribution in [2.45, 2.75) is 11.4 Å². The van der Waals surface area contributed by atoms with Gasteiger partial charge in [-0.25, -0.2) is 14.8 Å². The highest BCUT2D eigenvalue weighted by Crippen LogP contribution is 2.35. The SMILES string of the molecule is O=C(O)N1CCNCC1(Cl)Cc1cc2c(N3CCOCC3)ncnc2s1. The van der Waals surface area contributed by atoms with Crippen LogP contribution in [0.3, 0.4) is 0 Å². The van der Waals surface area contributed by atoms with Crippen LogP contribution >= 0.6 is 22.9 Å². The molecule has 0 spiro atoms. The second kappa shape index (κ2) is 7.15. The highest BCUT2D eigenvalue weighted by atomic mass is 35.5. The van der Waals surface area contributed by atoms with Crippen LogP contribution in [0.25, 0.3) is 10.2 Å². The van der Waals surface area contributed by atoms with E-state index in [1.54, 1.807) is 17.7 Å². The lowest BCUT2D eigenvalue weighted by atomic mass is 10.1. The van der Waals surface area contributed by atoms with Crippen molar-refractivity contribution in [3.05, 3.63) is 17.3 Å². The first-order valence-corrected chi connectivity index (χ1v) is 9.73. The summed E-state index contributed by atoms with van der Waals surface area (Å²) >= 11 is 8.25. The molecule has 0 aliphatic carbocycles. The van der Waals surface area contributed by atoms with Gasteiger partial charge >= 0.3 is 6.09 Å². The number of nitrogens with zero attached hydrogens (tertiary/aromatic N) is 4. The monoisotopic (exact) mass is 397 g/mol. The average Bonchev–Trinajstić information content (AvgIpc) is 3.04. The fraction of sp³-hybridized carbons (Fsp3) is 0.562. The molecular weight excluding hydrogens is 378 g/mol. The number of thiophene rings is 1. The Kier molecular flexibility index (Phi) is 4.87. The topological polar surface area (TPSA) is 90.8 Å². The fourth-order valence-corrected chi connectivity index (χ4v) is 5.04. The van der Waals surface area contributed by atoms with E-state index in [1.165, 1.54) is 4.90 Å². The summed E-state index contributed by atoms with van der Waals surface area (Å²) in [5, 5.41) is 13.7. The zero-order chi connectivity index (χ0) is 18.1. The van der Waals surface area contributed by atoms with Crippen molar-refractivity contribution in [2.24, 2.45) is 0 Å². The number of morpholine rings is 1. The number of alkyl halides is 1. The molecule has 2 N–H and O–H groups in total. The summed E-state index contributed by atoms with van der Waals surface area (Å²) in [5.74, 6) is 0.904. The normalized spacial score (nSPS) is 24.2. The number of aromatic nitrogens is 2. The maximum atomic E-state index is 11.6. The van der Waals surface area contributed by atoms with Gasteiger partial charge in [0.05, 0.1) is 18.6 Å². The summed E-state index contributed by atoms with van der Waals surface area (Å²) in [6.45, 7) is 4.37. The first-order chi connectivity index (χ1) is 12.6. The molecule has 10 heteroatoms. The molecule has 0 radical (unpaired) electrons. The standard InChI is InChI=1S/C16H20ClN5O3S/c17-16(9-18-1-2-22(16)15(23)24)8-11-7-12-13(19-10-20-14(12)26-11)21-3-5-25-6-4-21/h7,10,18H,1-6,8-9H2,(H,23,24). The van der Waals surface area contributed by atoms with Crippen LogP contribution in [0.15, 0.2) is 12.4 Å². The number of anilines is 1. The van der Waals surface area contributed by atoms with Crippen LogP contribution in [0.2, 0.25) is 0 Å². The Bertz CT molecular complexity index is 812. The molecule has 26 heavy (non-hydrogen) atoms. The van der Waals surface area contributed by atoms with Crippen LogP contribution < -0.4 is 10.2 Å². The summed E-state index contributed by atoms with van der Waals surface area (Å²) in [6, 6.07) is 2.05. The molecule has 4 heterocycles. The Balaban J connectivity index is 1.64. The van der Waals surface area contributed by atoms with Crippen molar-refractivity contribution >= 4 is 45.1 Å². The Labute approximate surface area is 159 Å². The zero-order valence-corrected chi connectivity index (χ0v) is 15.7. The number of piperazine rings is 1. The molecule has 8 nitrogen and oxygen atoms in total. The summed E-state index contributed by atoms with van der Waals surface area (Å²) in [5.41, 5.74) is 0. The van der Waals surface area contributed by atoms with Gasteiger partial charge in [-0.05, 0) is 6.07 Å². The Morgan fingerprint density at radius 3 is 2.96 bits per heavy atom. The number of rotatable bonds is 3. The molecule has 4 rings (SSSR count). The number of hydrogen-bond donors (Lipinski definition) is 2. The third kappa shape index (κ3) is 3.32. The van der Waals surface area contributed by atoms with Crippen molar-refractivity contribution in [1.82, 2.24) is 20.2 Å². The smallest absolute Gasteiger partial charge is 0.408 e. The van der Waals surface area contributed by atoms with E-state index in [9.17, 15) is 9.90 Å². The lowest BCUT2D eigenvalue weighted by Crippen LogP contribution is -2.60. The number of amides is 1. The van der Waals surface area contributed by atoms with Crippen LogP contribution in [-0.2, 0) is 11.2 Å². The Hall–Kier alpha value is -1.68. The first-order valence-electron chi connectivity index (χ1n) is 8.53. The Morgan fingerprint density at radius 2 is 2.19 bits per heavy atom. The number of carbonyl (C=O) groups is 1. The van der Waals surface area contributed by atoms with Gasteiger partial charge in [0.1, 0.15) is 22.0 Å². The lowest BCUT2D eigenvalue weighted by molar-refractivity contribution is 0.0970. The highest BCUT2D eigenvalue weighted by molar-refractivity contribution is 7.18. The predicted octanol–water partition coefficient (Wildman–Crippen LogP) is 1.59. The van der Waals surface area contributed by atoms with E-state index in [4.69, 9.17) is 16.3 Å². The maximum Gasteiger partial charge on any atom is 0.408 e. The maximum absolute atomic E-state index is 11.6. The molecule has 1 amide bonds. The molecule has 1 atom stereocenters. The quantitative estimate of drug-likeness (QED) is 0.600. The molecule has 2 aromatic rings. The largest absolute Gasteiger partial charge is 0.465 e. The number of fused-ring (bicyclic) bond motifs is 1. The number of nitrogens with one attached hydrogen (secondary N) is 1. The summed E-state index contributed by atoms with van der Waals surface area (Å²) < 4.78 is 5.42. The summed E-state index contributed by atoms with van der Waals surface area (Å²) in [4.78, 5) is 24.9. The molecule has 0 aromatic carbocycles. The van der Waals surface area contributed by atoms with Crippen molar-refractivity contribution < 1.29 is 14.6 Å². The number of carboxylic acid groups (broad SMARTS) is 1. The molecule has 2 saturated heterocycles. The minimum Gasteiger partial charge on any atom is -0.465 e. The van der Waals surface area contributed by atoms with E-state index >= 15 is 0 Å².